The van der Waals surface area contributed by atoms with Crippen LogP contribution in [0.2, 0.25) is 0 Å². The van der Waals surface area contributed by atoms with Crippen LogP contribution in [0, 0.1) is 6.92 Å². The van der Waals surface area contributed by atoms with Gasteiger partial charge in [0, 0.05) is 59.9 Å². The Morgan fingerprint density at radius 1 is 0.807 bits per heavy atom. The van der Waals surface area contributed by atoms with Gasteiger partial charge in [-0.05, 0) is 99.9 Å². The Morgan fingerprint density at radius 2 is 1.58 bits per heavy atom. The SMILES string of the molecule is C=C/C=C(\C=C/C)n1c(C)c(/C=C(\C)c2nc(C=C)c(/C=C\C)c(-c3ccc4c(c3)C(C)(C)c3cccc5c6c7ccccc7sc6n-4c35)n2)c(C=C)c1/C=C\C. The molecule has 1 aliphatic heterocycles. The molecule has 0 atom stereocenters. The van der Waals surface area contributed by atoms with E-state index in [0.29, 0.717) is 5.82 Å². The summed E-state index contributed by atoms with van der Waals surface area (Å²) in [5.74, 6) is 0.652. The molecule has 0 spiro atoms. The summed E-state index contributed by atoms with van der Waals surface area (Å²) in [6.45, 7) is 27.5. The molecule has 0 N–H and O–H groups in total. The van der Waals surface area contributed by atoms with Crippen molar-refractivity contribution < 1.29 is 0 Å². The van der Waals surface area contributed by atoms with Crippen LogP contribution < -0.4 is 0 Å². The van der Waals surface area contributed by atoms with Crippen LogP contribution >= 0.6 is 11.3 Å². The first-order chi connectivity index (χ1) is 27.6. The van der Waals surface area contributed by atoms with Gasteiger partial charge in [0.05, 0.1) is 28.3 Å². The van der Waals surface area contributed by atoms with Gasteiger partial charge in [0.25, 0.3) is 0 Å². The Hall–Kier alpha value is -6.30. The second-order valence-electron chi connectivity index (χ2n) is 15.1. The fourth-order valence-corrected chi connectivity index (χ4v) is 9.99. The third-order valence-electron chi connectivity index (χ3n) is 11.3. The average Bonchev–Trinajstić information content (AvgIpc) is 3.83. The van der Waals surface area contributed by atoms with E-state index in [4.69, 9.17) is 9.97 Å². The summed E-state index contributed by atoms with van der Waals surface area (Å²) in [6, 6.07) is 22.5. The lowest BCUT2D eigenvalue weighted by Crippen LogP contribution is -2.26. The van der Waals surface area contributed by atoms with E-state index in [1.165, 1.54) is 48.0 Å². The molecule has 1 aliphatic rings. The number of nitrogens with zero attached hydrogens (tertiary/aromatic N) is 4. The second-order valence-corrected chi connectivity index (χ2v) is 16.1. The standard InChI is InChI=1S/C52H48N4S/c1-11-20-35(21-12-2)55-33(8)40(36(15-5)44(55)23-14-4)30-32(7)50-53-43(16-6)37(22-13-3)48(54-50)34-28-29-45-42(31-34)52(9,10)41-26-19-25-39-47-38-24-17-18-27-46(38)57-51(47)56(45)49(39)41/h11-31H,1,5-6H2,2-4,7-10H3/b21-12-,22-13-,23-14-,32-30+,35-20+. The lowest BCUT2D eigenvalue weighted by atomic mass is 9.74. The molecule has 0 fully saturated rings. The maximum Gasteiger partial charge on any atom is 0.156 e. The first kappa shape index (κ1) is 37.6. The molecule has 5 heterocycles. The van der Waals surface area contributed by atoms with Gasteiger partial charge < -0.3 is 9.13 Å². The van der Waals surface area contributed by atoms with E-state index < -0.39 is 0 Å². The van der Waals surface area contributed by atoms with E-state index in [0.717, 1.165) is 56.3 Å². The molecule has 0 saturated carbocycles. The summed E-state index contributed by atoms with van der Waals surface area (Å²) in [4.78, 5) is 11.8. The Morgan fingerprint density at radius 3 is 2.30 bits per heavy atom. The van der Waals surface area contributed by atoms with E-state index in [1.807, 2.05) is 62.5 Å². The summed E-state index contributed by atoms with van der Waals surface area (Å²) in [7, 11) is 0. The molecule has 7 aromatic rings. The molecule has 0 aliphatic carbocycles. The minimum absolute atomic E-state index is 0.257. The fourth-order valence-electron chi connectivity index (χ4n) is 8.75. The van der Waals surface area contributed by atoms with E-state index in [9.17, 15) is 0 Å². The Bertz CT molecular complexity index is 2980. The quantitative estimate of drug-likeness (QED) is 0.130. The maximum atomic E-state index is 5.39. The first-order valence-electron chi connectivity index (χ1n) is 19.6. The summed E-state index contributed by atoms with van der Waals surface area (Å²) in [6.07, 6.45) is 22.3. The van der Waals surface area contributed by atoms with Crippen molar-refractivity contribution >= 4 is 84.2 Å². The molecule has 0 radical (unpaired) electrons. The number of fused-ring (bicyclic) bond motifs is 7. The highest BCUT2D eigenvalue weighted by Gasteiger charge is 2.36. The van der Waals surface area contributed by atoms with Gasteiger partial charge in [0.15, 0.2) is 5.82 Å². The van der Waals surface area contributed by atoms with Crippen molar-refractivity contribution in [3.63, 3.8) is 0 Å². The lowest BCUT2D eigenvalue weighted by Gasteiger charge is -2.35. The van der Waals surface area contributed by atoms with Crippen molar-refractivity contribution in [1.29, 1.82) is 0 Å². The summed E-state index contributed by atoms with van der Waals surface area (Å²) in [5, 5.41) is 3.97. The van der Waals surface area contributed by atoms with Crippen LogP contribution in [0.5, 0.6) is 0 Å². The van der Waals surface area contributed by atoms with Gasteiger partial charge in [-0.1, -0.05) is 113 Å². The number of thiophene rings is 1. The van der Waals surface area contributed by atoms with Gasteiger partial charge in [-0.3, -0.25) is 0 Å². The molecule has 3 aromatic carbocycles. The minimum atomic E-state index is -0.257. The van der Waals surface area contributed by atoms with Crippen molar-refractivity contribution in [2.45, 2.75) is 53.9 Å². The number of hydrogen-bond donors (Lipinski definition) is 0. The molecule has 4 nitrogen and oxygen atoms in total. The molecule has 0 amide bonds. The third-order valence-corrected chi connectivity index (χ3v) is 12.5. The molecule has 282 valence electrons. The van der Waals surface area contributed by atoms with Gasteiger partial charge in [0.2, 0.25) is 0 Å². The highest BCUT2D eigenvalue weighted by molar-refractivity contribution is 7.25. The van der Waals surface area contributed by atoms with Gasteiger partial charge in [-0.15, -0.1) is 11.3 Å². The van der Waals surface area contributed by atoms with Crippen molar-refractivity contribution in [2.24, 2.45) is 0 Å². The number of allylic oxidation sites excluding steroid dienone is 8. The van der Waals surface area contributed by atoms with Crippen molar-refractivity contribution in [2.75, 3.05) is 0 Å². The predicted molar refractivity (Wildman–Crippen MR) is 251 cm³/mol. The molecule has 0 saturated heterocycles. The smallest absolute Gasteiger partial charge is 0.156 e. The van der Waals surface area contributed by atoms with Crippen LogP contribution in [-0.2, 0) is 5.41 Å². The summed E-state index contributed by atoms with van der Waals surface area (Å²) >= 11 is 1.87. The Labute approximate surface area is 340 Å². The molecule has 0 bridgehead atoms. The van der Waals surface area contributed by atoms with E-state index in [2.05, 4.69) is 154 Å². The number of aromatic nitrogens is 4. The van der Waals surface area contributed by atoms with Gasteiger partial charge in [-0.25, -0.2) is 9.97 Å². The predicted octanol–water partition coefficient (Wildman–Crippen LogP) is 14.7. The van der Waals surface area contributed by atoms with Crippen LogP contribution in [-0.4, -0.2) is 19.1 Å². The number of para-hydroxylation sites is 1. The highest BCUT2D eigenvalue weighted by atomic mass is 32.1. The topological polar surface area (TPSA) is 35.6 Å². The van der Waals surface area contributed by atoms with Crippen LogP contribution in [0.1, 0.15) is 92.3 Å². The van der Waals surface area contributed by atoms with E-state index >= 15 is 0 Å². The van der Waals surface area contributed by atoms with Crippen molar-refractivity contribution in [1.82, 2.24) is 19.1 Å². The van der Waals surface area contributed by atoms with E-state index in [-0.39, 0.29) is 5.41 Å². The van der Waals surface area contributed by atoms with Gasteiger partial charge in [0.1, 0.15) is 4.83 Å². The van der Waals surface area contributed by atoms with Crippen molar-refractivity contribution in [3.8, 4) is 16.9 Å². The zero-order valence-electron chi connectivity index (χ0n) is 33.9. The molecular formula is C52H48N4S. The molecular weight excluding hydrogens is 713 g/mol. The number of benzene rings is 3. The van der Waals surface area contributed by atoms with Crippen LogP contribution in [0.25, 0.3) is 89.8 Å². The van der Waals surface area contributed by atoms with Gasteiger partial charge >= 0.3 is 0 Å². The third kappa shape index (κ3) is 5.79. The molecule has 0 unspecified atom stereocenters. The summed E-state index contributed by atoms with van der Waals surface area (Å²) in [5.41, 5.74) is 14.7. The average molecular weight is 761 g/mol. The lowest BCUT2D eigenvalue weighted by molar-refractivity contribution is 0.630. The monoisotopic (exact) mass is 760 g/mol. The minimum Gasteiger partial charge on any atom is -0.313 e. The largest absolute Gasteiger partial charge is 0.313 e. The fraction of sp³-hybridized carbons (Fsp3) is 0.154. The normalized spacial score (nSPS) is 14.2. The maximum absolute atomic E-state index is 5.39. The Kier molecular flexibility index (Phi) is 9.67. The Balaban J connectivity index is 1.34. The van der Waals surface area contributed by atoms with E-state index in [1.54, 1.807) is 0 Å². The molecule has 8 rings (SSSR count). The molecule has 4 aromatic heterocycles. The zero-order valence-corrected chi connectivity index (χ0v) is 34.8. The molecule has 57 heavy (non-hydrogen) atoms. The number of hydrogen-bond acceptors (Lipinski definition) is 3. The van der Waals surface area contributed by atoms with Crippen LogP contribution in [0.15, 0.2) is 117 Å². The van der Waals surface area contributed by atoms with Crippen LogP contribution in [0.4, 0.5) is 0 Å². The van der Waals surface area contributed by atoms with Gasteiger partial charge in [-0.2, -0.15) is 0 Å². The number of rotatable bonds is 10. The molecule has 5 heteroatoms. The zero-order chi connectivity index (χ0) is 40.2. The van der Waals surface area contributed by atoms with Crippen LogP contribution in [0.3, 0.4) is 0 Å². The summed E-state index contributed by atoms with van der Waals surface area (Å²) < 4.78 is 6.07. The second kappa shape index (κ2) is 14.6. The highest BCUT2D eigenvalue weighted by Crippen LogP contribution is 2.51. The first-order valence-corrected chi connectivity index (χ1v) is 20.4. The van der Waals surface area contributed by atoms with Crippen molar-refractivity contribution in [3.05, 3.63) is 168 Å².